The van der Waals surface area contributed by atoms with Crippen LogP contribution in [0.3, 0.4) is 0 Å². The third-order valence-electron chi connectivity index (χ3n) is 2.80. The normalized spacial score (nSPS) is 12.9. The van der Waals surface area contributed by atoms with E-state index in [1.54, 1.807) is 0 Å². The Morgan fingerprint density at radius 3 is 1.65 bits per heavy atom. The first-order chi connectivity index (χ1) is 9.38. The fourth-order valence-corrected chi connectivity index (χ4v) is 6.46. The Balaban J connectivity index is 3.56. The van der Waals surface area contributed by atoms with Crippen molar-refractivity contribution in [3.8, 4) is 0 Å². The highest BCUT2D eigenvalue weighted by molar-refractivity contribution is 7.72. The van der Waals surface area contributed by atoms with Crippen LogP contribution < -0.4 is 0 Å². The molecule has 1 aromatic rings. The van der Waals surface area contributed by atoms with E-state index in [0.717, 1.165) is 34.5 Å². The van der Waals surface area contributed by atoms with Crippen LogP contribution in [0.25, 0.3) is 0 Å². The van der Waals surface area contributed by atoms with Crippen LogP contribution in [0.15, 0.2) is 24.3 Å². The van der Waals surface area contributed by atoms with Gasteiger partial charge in [0.1, 0.15) is 5.82 Å². The van der Waals surface area contributed by atoms with Crippen molar-refractivity contribution in [3.63, 3.8) is 0 Å². The van der Waals surface area contributed by atoms with E-state index in [0.29, 0.717) is 0 Å². The molecule has 0 saturated heterocycles. The Labute approximate surface area is 117 Å². The van der Waals surface area contributed by atoms with Gasteiger partial charge in [0.25, 0.3) is 0 Å². The highest BCUT2D eigenvalue weighted by Gasteiger charge is 2.51. The lowest BCUT2D eigenvalue weighted by molar-refractivity contribution is 0.246. The zero-order valence-corrected chi connectivity index (χ0v) is 13.4. The molecule has 0 fully saturated rings. The molecule has 0 atom stereocenters. The average Bonchev–Trinajstić information content (AvgIpc) is 2.48. The Morgan fingerprint density at radius 1 is 0.900 bits per heavy atom. The van der Waals surface area contributed by atoms with E-state index < -0.39 is 26.4 Å². The fourth-order valence-electron chi connectivity index (χ4n) is 1.75. The third-order valence-corrected chi connectivity index (χ3v) is 8.29. The molecule has 0 bridgehead atoms. The van der Waals surface area contributed by atoms with E-state index in [9.17, 15) is 13.5 Å². The standard InChI is InChI=1S/C11H17FO6P2/c1-15-19(13,16-2)11(20(14,17-3)18-4)9-7-5-6-8-10(9)12/h5-8,11H,1-4H3. The zero-order valence-electron chi connectivity index (χ0n) is 11.6. The first-order valence-electron chi connectivity index (χ1n) is 5.55. The lowest BCUT2D eigenvalue weighted by atomic mass is 10.2. The van der Waals surface area contributed by atoms with Crippen LogP contribution in [0.5, 0.6) is 0 Å². The van der Waals surface area contributed by atoms with Gasteiger partial charge >= 0.3 is 15.2 Å². The van der Waals surface area contributed by atoms with Gasteiger partial charge in [0, 0.05) is 34.0 Å². The van der Waals surface area contributed by atoms with Crippen molar-refractivity contribution in [2.24, 2.45) is 0 Å². The van der Waals surface area contributed by atoms with Gasteiger partial charge in [-0.25, -0.2) is 4.39 Å². The van der Waals surface area contributed by atoms with E-state index >= 15 is 0 Å². The fraction of sp³-hybridized carbons (Fsp3) is 0.455. The lowest BCUT2D eigenvalue weighted by Crippen LogP contribution is -2.09. The summed E-state index contributed by atoms with van der Waals surface area (Å²) in [6.45, 7) is 0. The maximum absolute atomic E-state index is 14.0. The van der Waals surface area contributed by atoms with Crippen LogP contribution in [-0.4, -0.2) is 28.4 Å². The molecular weight excluding hydrogens is 309 g/mol. The van der Waals surface area contributed by atoms with Crippen LogP contribution in [0, 0.1) is 5.82 Å². The predicted molar refractivity (Wildman–Crippen MR) is 72.4 cm³/mol. The third kappa shape index (κ3) is 3.19. The van der Waals surface area contributed by atoms with E-state index in [2.05, 4.69) is 0 Å². The van der Waals surface area contributed by atoms with E-state index in [1.165, 1.54) is 18.2 Å². The molecule has 9 heteroatoms. The van der Waals surface area contributed by atoms with Crippen molar-refractivity contribution < 1.29 is 31.6 Å². The minimum absolute atomic E-state index is 0.119. The molecule has 0 aliphatic heterocycles. The molecule has 0 aromatic heterocycles. The maximum atomic E-state index is 14.0. The van der Waals surface area contributed by atoms with Crippen molar-refractivity contribution in [2.75, 3.05) is 28.4 Å². The number of hydrogen-bond donors (Lipinski definition) is 0. The maximum Gasteiger partial charge on any atom is 0.349 e. The zero-order chi connectivity index (χ0) is 15.4. The quantitative estimate of drug-likeness (QED) is 0.710. The first kappa shape index (κ1) is 17.5. The van der Waals surface area contributed by atoms with Gasteiger partial charge in [-0.1, -0.05) is 18.2 Å². The van der Waals surface area contributed by atoms with Gasteiger partial charge in [0.05, 0.1) is 0 Å². The minimum atomic E-state index is -3.95. The van der Waals surface area contributed by atoms with Crippen molar-refractivity contribution in [3.05, 3.63) is 35.6 Å². The number of halogens is 1. The minimum Gasteiger partial charge on any atom is -0.311 e. The summed E-state index contributed by atoms with van der Waals surface area (Å²) in [5, 5.41) is -1.51. The first-order valence-corrected chi connectivity index (χ1v) is 8.77. The molecule has 0 spiro atoms. The Bertz CT molecular complexity index is 507. The molecule has 0 N–H and O–H groups in total. The van der Waals surface area contributed by atoms with Crippen LogP contribution in [-0.2, 0) is 27.2 Å². The molecule has 0 unspecified atom stereocenters. The SMILES string of the molecule is COP(=O)(OC)C(c1ccccc1F)P(=O)(OC)OC. The highest BCUT2D eigenvalue weighted by atomic mass is 31.2. The Hall–Kier alpha value is -0.550. The molecule has 20 heavy (non-hydrogen) atoms. The molecule has 0 aliphatic carbocycles. The van der Waals surface area contributed by atoms with Gasteiger partial charge in [-0.3, -0.25) is 9.13 Å². The summed E-state index contributed by atoms with van der Waals surface area (Å²) >= 11 is 0. The molecule has 0 aliphatic rings. The number of rotatable bonds is 7. The smallest absolute Gasteiger partial charge is 0.311 e. The molecule has 0 radical (unpaired) electrons. The largest absolute Gasteiger partial charge is 0.349 e. The topological polar surface area (TPSA) is 71.1 Å². The molecule has 6 nitrogen and oxygen atoms in total. The molecular formula is C11H17FO6P2. The monoisotopic (exact) mass is 326 g/mol. The average molecular weight is 326 g/mol. The molecule has 0 amide bonds. The predicted octanol–water partition coefficient (Wildman–Crippen LogP) is 3.80. The van der Waals surface area contributed by atoms with Crippen LogP contribution in [0.2, 0.25) is 0 Å². The highest BCUT2D eigenvalue weighted by Crippen LogP contribution is 2.77. The lowest BCUT2D eigenvalue weighted by Gasteiger charge is -2.29. The van der Waals surface area contributed by atoms with Gasteiger partial charge in [0.2, 0.25) is 0 Å². The second-order valence-electron chi connectivity index (χ2n) is 3.71. The van der Waals surface area contributed by atoms with Crippen molar-refractivity contribution in [1.82, 2.24) is 0 Å². The molecule has 114 valence electrons. The van der Waals surface area contributed by atoms with Crippen LogP contribution in [0.4, 0.5) is 4.39 Å². The van der Waals surface area contributed by atoms with Crippen molar-refractivity contribution >= 4 is 15.2 Å². The molecule has 0 heterocycles. The van der Waals surface area contributed by atoms with Crippen LogP contribution >= 0.6 is 15.2 Å². The molecule has 1 rings (SSSR count). The molecule has 1 aromatic carbocycles. The van der Waals surface area contributed by atoms with Crippen molar-refractivity contribution in [1.29, 1.82) is 0 Å². The summed E-state index contributed by atoms with van der Waals surface area (Å²) in [6.07, 6.45) is 0. The summed E-state index contributed by atoms with van der Waals surface area (Å²) in [6, 6.07) is 5.44. The summed E-state index contributed by atoms with van der Waals surface area (Å²) < 4.78 is 58.6. The van der Waals surface area contributed by atoms with E-state index in [4.69, 9.17) is 18.1 Å². The van der Waals surface area contributed by atoms with E-state index in [1.807, 2.05) is 0 Å². The van der Waals surface area contributed by atoms with Gasteiger partial charge < -0.3 is 18.1 Å². The van der Waals surface area contributed by atoms with Gasteiger partial charge in [-0.2, -0.15) is 0 Å². The second kappa shape index (κ2) is 6.94. The Morgan fingerprint density at radius 2 is 1.30 bits per heavy atom. The second-order valence-corrected chi connectivity index (χ2v) is 8.77. The summed E-state index contributed by atoms with van der Waals surface area (Å²) in [5.74, 6) is -0.707. The van der Waals surface area contributed by atoms with Gasteiger partial charge in [-0.15, -0.1) is 0 Å². The summed E-state index contributed by atoms with van der Waals surface area (Å²) in [4.78, 5) is 0. The van der Waals surface area contributed by atoms with Crippen LogP contribution in [0.1, 0.15) is 11.0 Å². The number of benzene rings is 1. The summed E-state index contributed by atoms with van der Waals surface area (Å²) in [7, 11) is -3.42. The van der Waals surface area contributed by atoms with Gasteiger partial charge in [-0.05, 0) is 6.07 Å². The Kier molecular flexibility index (Phi) is 6.07. The van der Waals surface area contributed by atoms with E-state index in [-0.39, 0.29) is 5.56 Å². The molecule has 0 saturated carbocycles. The van der Waals surface area contributed by atoms with Crippen molar-refractivity contribution in [2.45, 2.75) is 5.40 Å². The summed E-state index contributed by atoms with van der Waals surface area (Å²) in [5.41, 5.74) is -0.119. The number of hydrogen-bond acceptors (Lipinski definition) is 6. The van der Waals surface area contributed by atoms with Gasteiger partial charge in [0.15, 0.2) is 5.40 Å².